The zero-order valence-electron chi connectivity index (χ0n) is 16.9. The molecule has 2 aliphatic heterocycles. The molecule has 2 aliphatic rings. The number of rotatable bonds is 3. The molecule has 1 amide bonds. The number of hydrogen-bond acceptors (Lipinski definition) is 8. The fourth-order valence-electron chi connectivity index (χ4n) is 3.72. The summed E-state index contributed by atoms with van der Waals surface area (Å²) in [5, 5.41) is 0.832. The molecule has 8 nitrogen and oxygen atoms in total. The average molecular weight is 460 g/mol. The number of amides is 1. The molecule has 1 fully saturated rings. The van der Waals surface area contributed by atoms with Crippen LogP contribution < -0.4 is 14.4 Å². The minimum atomic E-state index is -3.26. The smallest absolute Gasteiger partial charge is 0.267 e. The normalized spacial score (nSPS) is 18.9. The highest BCUT2D eigenvalue weighted by Gasteiger charge is 2.33. The van der Waals surface area contributed by atoms with Crippen molar-refractivity contribution in [1.29, 1.82) is 0 Å². The standard InChI is InChI=1S/C21H21N3O5S2/c1-31(26,27)14-6-7-15-19(12-14)30-21(22-15)24-10-8-23(9-11-24)20(25)18-13-28-16-4-2-3-5-17(16)29-18/h2-7,12,18H,8-11,13H2,1H3. The molecule has 0 radical (unpaired) electrons. The molecule has 0 saturated carbocycles. The number of aromatic nitrogens is 1. The lowest BCUT2D eigenvalue weighted by molar-refractivity contribution is -0.141. The Bertz CT molecular complexity index is 1250. The Balaban J connectivity index is 1.25. The van der Waals surface area contributed by atoms with E-state index in [1.165, 1.54) is 17.6 Å². The minimum Gasteiger partial charge on any atom is -0.485 e. The molecule has 31 heavy (non-hydrogen) atoms. The second-order valence-corrected chi connectivity index (χ2v) is 10.6. The summed E-state index contributed by atoms with van der Waals surface area (Å²) < 4.78 is 36.0. The first kappa shape index (κ1) is 20.1. The van der Waals surface area contributed by atoms with Crippen LogP contribution in [0.4, 0.5) is 5.13 Å². The summed E-state index contributed by atoms with van der Waals surface area (Å²) in [6.45, 7) is 2.62. The quantitative estimate of drug-likeness (QED) is 0.593. The fraction of sp³-hybridized carbons (Fsp3) is 0.333. The van der Waals surface area contributed by atoms with E-state index in [-0.39, 0.29) is 12.5 Å². The van der Waals surface area contributed by atoms with Crippen LogP contribution in [0.15, 0.2) is 47.4 Å². The van der Waals surface area contributed by atoms with Crippen molar-refractivity contribution in [2.45, 2.75) is 11.0 Å². The van der Waals surface area contributed by atoms with Crippen molar-refractivity contribution in [3.63, 3.8) is 0 Å². The van der Waals surface area contributed by atoms with Gasteiger partial charge in [0.05, 0.1) is 15.1 Å². The maximum absolute atomic E-state index is 12.9. The number of benzene rings is 2. The predicted molar refractivity (Wildman–Crippen MR) is 118 cm³/mol. The topological polar surface area (TPSA) is 89.0 Å². The molecule has 1 unspecified atom stereocenters. The third kappa shape index (κ3) is 3.92. The summed E-state index contributed by atoms with van der Waals surface area (Å²) in [6.07, 6.45) is 0.560. The average Bonchev–Trinajstić information content (AvgIpc) is 3.21. The Labute approximate surface area is 183 Å². The summed E-state index contributed by atoms with van der Waals surface area (Å²) in [7, 11) is -3.26. The summed E-state index contributed by atoms with van der Waals surface area (Å²) in [5.74, 6) is 1.18. The highest BCUT2D eigenvalue weighted by molar-refractivity contribution is 7.90. The Morgan fingerprint density at radius 1 is 1.10 bits per heavy atom. The van der Waals surface area contributed by atoms with Crippen LogP contribution in [0.1, 0.15) is 0 Å². The van der Waals surface area contributed by atoms with Gasteiger partial charge < -0.3 is 19.3 Å². The van der Waals surface area contributed by atoms with Crippen LogP contribution >= 0.6 is 11.3 Å². The number of fused-ring (bicyclic) bond motifs is 2. The van der Waals surface area contributed by atoms with Gasteiger partial charge in [-0.3, -0.25) is 4.79 Å². The molecule has 0 bridgehead atoms. The highest BCUT2D eigenvalue weighted by atomic mass is 32.2. The Hall–Kier alpha value is -2.85. The van der Waals surface area contributed by atoms with E-state index >= 15 is 0 Å². The maximum Gasteiger partial charge on any atom is 0.267 e. The van der Waals surface area contributed by atoms with Crippen LogP contribution in [-0.4, -0.2) is 69.4 Å². The van der Waals surface area contributed by atoms with E-state index in [1.54, 1.807) is 29.2 Å². The van der Waals surface area contributed by atoms with Crippen LogP contribution in [0.2, 0.25) is 0 Å². The number of piperazine rings is 1. The van der Waals surface area contributed by atoms with E-state index in [9.17, 15) is 13.2 Å². The monoisotopic (exact) mass is 459 g/mol. The molecule has 1 atom stereocenters. The summed E-state index contributed by atoms with van der Waals surface area (Å²) >= 11 is 1.47. The van der Waals surface area contributed by atoms with Gasteiger partial charge in [0.15, 0.2) is 26.5 Å². The predicted octanol–water partition coefficient (Wildman–Crippen LogP) is 2.19. The first-order chi connectivity index (χ1) is 14.9. The largest absolute Gasteiger partial charge is 0.485 e. The van der Waals surface area contributed by atoms with E-state index in [0.717, 1.165) is 15.3 Å². The molecule has 0 N–H and O–H groups in total. The molecule has 2 aromatic carbocycles. The molecule has 1 aromatic heterocycles. The van der Waals surface area contributed by atoms with Crippen molar-refractivity contribution in [1.82, 2.24) is 9.88 Å². The SMILES string of the molecule is CS(=O)(=O)c1ccc2nc(N3CCN(C(=O)C4COc5ccccc5O4)CC3)sc2c1. The number of nitrogens with zero attached hydrogens (tertiary/aromatic N) is 3. The van der Waals surface area contributed by atoms with Gasteiger partial charge in [-0.15, -0.1) is 0 Å². The summed E-state index contributed by atoms with van der Waals surface area (Å²) in [5.41, 5.74) is 0.775. The van der Waals surface area contributed by atoms with Crippen molar-refractivity contribution < 1.29 is 22.7 Å². The highest BCUT2D eigenvalue weighted by Crippen LogP contribution is 2.33. The first-order valence-electron chi connectivity index (χ1n) is 9.91. The van der Waals surface area contributed by atoms with E-state index in [4.69, 9.17) is 9.47 Å². The molecule has 0 spiro atoms. The molecule has 162 valence electrons. The van der Waals surface area contributed by atoms with Gasteiger partial charge in [0.1, 0.15) is 6.61 Å². The second kappa shape index (κ2) is 7.69. The fourth-order valence-corrected chi connectivity index (χ4v) is 5.50. The van der Waals surface area contributed by atoms with Gasteiger partial charge in [-0.25, -0.2) is 13.4 Å². The van der Waals surface area contributed by atoms with Crippen LogP contribution in [0, 0.1) is 0 Å². The van der Waals surface area contributed by atoms with Crippen LogP contribution in [-0.2, 0) is 14.6 Å². The summed E-state index contributed by atoms with van der Waals surface area (Å²) in [4.78, 5) is 21.8. The van der Waals surface area contributed by atoms with Gasteiger partial charge >= 0.3 is 0 Å². The van der Waals surface area contributed by atoms with Crippen LogP contribution in [0.25, 0.3) is 10.2 Å². The van der Waals surface area contributed by atoms with E-state index in [2.05, 4.69) is 9.88 Å². The van der Waals surface area contributed by atoms with Gasteiger partial charge in [0.25, 0.3) is 5.91 Å². The molecule has 3 aromatic rings. The van der Waals surface area contributed by atoms with Crippen molar-refractivity contribution in [2.75, 3.05) is 43.9 Å². The molecule has 3 heterocycles. The lowest BCUT2D eigenvalue weighted by Crippen LogP contribution is -2.54. The van der Waals surface area contributed by atoms with Crippen LogP contribution in [0.3, 0.4) is 0 Å². The molecular weight excluding hydrogens is 438 g/mol. The van der Waals surface area contributed by atoms with E-state index in [0.29, 0.717) is 42.6 Å². The molecule has 10 heteroatoms. The van der Waals surface area contributed by atoms with Crippen molar-refractivity contribution in [3.05, 3.63) is 42.5 Å². The van der Waals surface area contributed by atoms with E-state index in [1.807, 2.05) is 18.2 Å². The minimum absolute atomic E-state index is 0.0729. The van der Waals surface area contributed by atoms with Gasteiger partial charge in [-0.2, -0.15) is 0 Å². The lowest BCUT2D eigenvalue weighted by Gasteiger charge is -2.37. The van der Waals surface area contributed by atoms with Gasteiger partial charge in [0.2, 0.25) is 6.10 Å². The van der Waals surface area contributed by atoms with Crippen LogP contribution in [0.5, 0.6) is 11.5 Å². The molecule has 1 saturated heterocycles. The number of para-hydroxylation sites is 2. The number of ether oxygens (including phenoxy) is 2. The number of hydrogen-bond donors (Lipinski definition) is 0. The number of sulfone groups is 1. The Morgan fingerprint density at radius 2 is 1.84 bits per heavy atom. The molecule has 5 rings (SSSR count). The third-order valence-corrected chi connectivity index (χ3v) is 7.61. The van der Waals surface area contributed by atoms with Gasteiger partial charge in [-0.1, -0.05) is 23.5 Å². The van der Waals surface area contributed by atoms with Crippen molar-refractivity contribution in [3.8, 4) is 11.5 Å². The number of carbonyl (C=O) groups excluding carboxylic acids is 1. The first-order valence-corrected chi connectivity index (χ1v) is 12.6. The third-order valence-electron chi connectivity index (χ3n) is 5.42. The zero-order chi connectivity index (χ0) is 21.6. The molecule has 0 aliphatic carbocycles. The van der Waals surface area contributed by atoms with Crippen molar-refractivity contribution >= 4 is 42.4 Å². The number of carbonyl (C=O) groups is 1. The van der Waals surface area contributed by atoms with Gasteiger partial charge in [-0.05, 0) is 30.3 Å². The second-order valence-electron chi connectivity index (χ2n) is 7.57. The number of anilines is 1. The zero-order valence-corrected chi connectivity index (χ0v) is 18.5. The number of thiazole rings is 1. The Morgan fingerprint density at radius 3 is 2.58 bits per heavy atom. The summed E-state index contributed by atoms with van der Waals surface area (Å²) in [6, 6.07) is 12.3. The van der Waals surface area contributed by atoms with Crippen molar-refractivity contribution in [2.24, 2.45) is 0 Å². The van der Waals surface area contributed by atoms with Gasteiger partial charge in [0, 0.05) is 32.4 Å². The van der Waals surface area contributed by atoms with E-state index < -0.39 is 15.9 Å². The Kier molecular flexibility index (Phi) is 4.98. The maximum atomic E-state index is 12.9. The molecular formula is C21H21N3O5S2. The lowest BCUT2D eigenvalue weighted by atomic mass is 10.2.